The first kappa shape index (κ1) is 9.63. The fourth-order valence-corrected chi connectivity index (χ4v) is 0.842. The summed E-state index contributed by atoms with van der Waals surface area (Å²) in [5.74, 6) is -0.937. The lowest BCUT2D eigenvalue weighted by molar-refractivity contribution is -0.797. The third-order valence-electron chi connectivity index (χ3n) is 1.68. The van der Waals surface area contributed by atoms with E-state index in [0.29, 0.717) is 0 Å². The van der Waals surface area contributed by atoms with Crippen LogP contribution in [0, 0.1) is 5.21 Å². The molecule has 1 rings (SSSR count). The Kier molecular flexibility index (Phi) is 2.94. The van der Waals surface area contributed by atoms with Crippen molar-refractivity contribution in [1.29, 1.82) is 0 Å². The minimum Gasteiger partial charge on any atom is -0.627 e. The zero-order chi connectivity index (χ0) is 9.84. The molecule has 70 valence electrons. The molecule has 1 aromatic rings. The van der Waals surface area contributed by atoms with Crippen LogP contribution in [-0.2, 0) is 4.79 Å². The van der Waals surface area contributed by atoms with Crippen LogP contribution >= 0.6 is 0 Å². The monoisotopic (exact) mass is 182 g/mol. The summed E-state index contributed by atoms with van der Waals surface area (Å²) in [5, 5.41) is 19.4. The van der Waals surface area contributed by atoms with Crippen molar-refractivity contribution in [2.75, 3.05) is 0 Å². The zero-order valence-corrected chi connectivity index (χ0v) is 7.10. The van der Waals surface area contributed by atoms with Crippen molar-refractivity contribution in [3.05, 3.63) is 29.6 Å². The number of hydrogen-bond acceptors (Lipinski definition) is 3. The van der Waals surface area contributed by atoms with E-state index >= 15 is 0 Å². The number of quaternary nitrogens is 1. The van der Waals surface area contributed by atoms with Crippen LogP contribution in [0.3, 0.4) is 0 Å². The Labute approximate surface area is 75.2 Å². The van der Waals surface area contributed by atoms with Gasteiger partial charge in [0.2, 0.25) is 5.82 Å². The Hall–Kier alpha value is -1.46. The van der Waals surface area contributed by atoms with Crippen molar-refractivity contribution >= 4 is 11.8 Å². The molecule has 0 saturated heterocycles. The van der Waals surface area contributed by atoms with Crippen LogP contribution in [0.5, 0.6) is 0 Å². The van der Waals surface area contributed by atoms with Crippen molar-refractivity contribution in [3.8, 4) is 0 Å². The maximum atomic E-state index is 11.3. The lowest BCUT2D eigenvalue weighted by Gasteiger charge is -2.23. The van der Waals surface area contributed by atoms with E-state index in [0.717, 1.165) is 0 Å². The molecule has 0 aromatic carbocycles. The Balaban J connectivity index is 2.79. The summed E-state index contributed by atoms with van der Waals surface area (Å²) in [6.45, 7) is 1.35. The van der Waals surface area contributed by atoms with Gasteiger partial charge in [-0.3, -0.25) is 0 Å². The van der Waals surface area contributed by atoms with Crippen molar-refractivity contribution in [3.63, 3.8) is 0 Å². The van der Waals surface area contributed by atoms with E-state index in [1.54, 1.807) is 12.1 Å². The SMILES string of the molecule is C[C@@H](C(=O)O)[NH+]([O-])c1ccccn1. The van der Waals surface area contributed by atoms with E-state index in [1.807, 2.05) is 0 Å². The van der Waals surface area contributed by atoms with Crippen molar-refractivity contribution in [2.45, 2.75) is 13.0 Å². The van der Waals surface area contributed by atoms with Crippen LogP contribution in [-0.4, -0.2) is 22.1 Å². The van der Waals surface area contributed by atoms with E-state index in [-0.39, 0.29) is 5.82 Å². The molecule has 0 spiro atoms. The largest absolute Gasteiger partial charge is 0.627 e. The zero-order valence-electron chi connectivity index (χ0n) is 7.10. The average molecular weight is 182 g/mol. The summed E-state index contributed by atoms with van der Waals surface area (Å²) in [5.41, 5.74) is 0. The van der Waals surface area contributed by atoms with Crippen LogP contribution in [0.15, 0.2) is 24.4 Å². The molecule has 0 radical (unpaired) electrons. The molecule has 1 aromatic heterocycles. The number of rotatable bonds is 3. The highest BCUT2D eigenvalue weighted by Crippen LogP contribution is 1.93. The Morgan fingerprint density at radius 2 is 2.38 bits per heavy atom. The van der Waals surface area contributed by atoms with Gasteiger partial charge < -0.3 is 15.4 Å². The van der Waals surface area contributed by atoms with Gasteiger partial charge in [0.1, 0.15) is 0 Å². The van der Waals surface area contributed by atoms with Gasteiger partial charge in [0.25, 0.3) is 0 Å². The maximum Gasteiger partial charge on any atom is 0.362 e. The first-order valence-corrected chi connectivity index (χ1v) is 3.81. The van der Waals surface area contributed by atoms with Crippen molar-refractivity contribution < 1.29 is 15.0 Å². The highest BCUT2D eigenvalue weighted by molar-refractivity contribution is 5.71. The quantitative estimate of drug-likeness (QED) is 0.622. The van der Waals surface area contributed by atoms with Gasteiger partial charge in [0.15, 0.2) is 6.04 Å². The number of pyridine rings is 1. The third kappa shape index (κ3) is 2.24. The molecule has 0 amide bonds. The number of carbonyl (C=O) groups is 1. The van der Waals surface area contributed by atoms with E-state index in [4.69, 9.17) is 5.11 Å². The average Bonchev–Trinajstić information content (AvgIpc) is 2.17. The number of aliphatic carboxylic acids is 1. The third-order valence-corrected chi connectivity index (χ3v) is 1.68. The van der Waals surface area contributed by atoms with Crippen LogP contribution in [0.4, 0.5) is 5.82 Å². The predicted octanol–water partition coefficient (Wildman–Crippen LogP) is -0.431. The van der Waals surface area contributed by atoms with Gasteiger partial charge in [-0.2, -0.15) is 0 Å². The Bertz CT molecular complexity index is 289. The summed E-state index contributed by atoms with van der Waals surface area (Å²) < 4.78 is 0. The van der Waals surface area contributed by atoms with Crippen LogP contribution in [0.25, 0.3) is 0 Å². The van der Waals surface area contributed by atoms with Crippen LogP contribution < -0.4 is 5.06 Å². The summed E-state index contributed by atoms with van der Waals surface area (Å²) in [7, 11) is 0. The number of aromatic nitrogens is 1. The molecule has 0 aliphatic rings. The topological polar surface area (TPSA) is 77.7 Å². The van der Waals surface area contributed by atoms with Crippen LogP contribution in [0.1, 0.15) is 6.92 Å². The second-order valence-electron chi connectivity index (χ2n) is 2.64. The fraction of sp³-hybridized carbons (Fsp3) is 0.250. The standard InChI is InChI=1S/C8H10N2O3/c1-6(8(11)12)10(13)7-4-2-3-5-9-7/h2-6,10H,1H3,(H,11,12)/t6-/m0/s1. The van der Waals surface area contributed by atoms with Gasteiger partial charge in [-0.25, -0.2) is 9.78 Å². The lowest BCUT2D eigenvalue weighted by Crippen LogP contribution is -3.07. The number of carboxylic acids is 1. The molecular formula is C8H10N2O3. The highest BCUT2D eigenvalue weighted by atomic mass is 16.5. The second-order valence-corrected chi connectivity index (χ2v) is 2.64. The number of nitrogens with one attached hydrogen (secondary N) is 1. The summed E-state index contributed by atoms with van der Waals surface area (Å²) in [6, 6.07) is 3.79. The van der Waals surface area contributed by atoms with Gasteiger partial charge in [-0.15, -0.1) is 0 Å². The second kappa shape index (κ2) is 3.97. The number of hydrogen-bond donors (Lipinski definition) is 2. The minimum absolute atomic E-state index is 0.192. The molecule has 2 atom stereocenters. The normalized spacial score (nSPS) is 14.9. The number of carboxylic acid groups (broad SMARTS) is 1. The Morgan fingerprint density at radius 3 is 2.85 bits per heavy atom. The summed E-state index contributed by atoms with van der Waals surface area (Å²) >= 11 is 0. The number of hydroxylamine groups is 1. The van der Waals surface area contributed by atoms with Crippen molar-refractivity contribution in [2.24, 2.45) is 0 Å². The highest BCUT2D eigenvalue weighted by Gasteiger charge is 2.20. The van der Waals surface area contributed by atoms with Gasteiger partial charge in [-0.05, 0) is 13.0 Å². The van der Waals surface area contributed by atoms with Gasteiger partial charge in [0, 0.05) is 12.3 Å². The molecule has 0 saturated carbocycles. The molecular weight excluding hydrogens is 172 g/mol. The minimum atomic E-state index is -1.13. The molecule has 2 N–H and O–H groups in total. The smallest absolute Gasteiger partial charge is 0.362 e. The molecule has 0 fully saturated rings. The summed E-state index contributed by atoms with van der Waals surface area (Å²) in [4.78, 5) is 14.2. The Morgan fingerprint density at radius 1 is 1.69 bits per heavy atom. The molecule has 5 nitrogen and oxygen atoms in total. The van der Waals surface area contributed by atoms with Gasteiger partial charge in [0.05, 0.1) is 0 Å². The molecule has 1 unspecified atom stereocenters. The molecule has 0 aliphatic heterocycles. The van der Waals surface area contributed by atoms with E-state index in [2.05, 4.69) is 4.98 Å². The molecule has 1 heterocycles. The summed E-state index contributed by atoms with van der Waals surface area (Å²) in [6.07, 6.45) is 1.46. The van der Waals surface area contributed by atoms with Crippen molar-refractivity contribution in [1.82, 2.24) is 4.98 Å². The maximum absolute atomic E-state index is 11.3. The first-order valence-electron chi connectivity index (χ1n) is 3.81. The molecule has 5 heteroatoms. The van der Waals surface area contributed by atoms with Gasteiger partial charge in [-0.1, -0.05) is 6.07 Å². The first-order chi connectivity index (χ1) is 6.13. The number of nitrogens with zero attached hydrogens (tertiary/aromatic N) is 1. The van der Waals surface area contributed by atoms with Gasteiger partial charge >= 0.3 is 5.97 Å². The lowest BCUT2D eigenvalue weighted by atomic mass is 10.3. The van der Waals surface area contributed by atoms with Crippen LogP contribution in [0.2, 0.25) is 0 Å². The molecule has 0 bridgehead atoms. The van der Waals surface area contributed by atoms with E-state index in [9.17, 15) is 10.0 Å². The predicted molar refractivity (Wildman–Crippen MR) is 45.3 cm³/mol. The van der Waals surface area contributed by atoms with E-state index in [1.165, 1.54) is 19.2 Å². The fourth-order valence-electron chi connectivity index (χ4n) is 0.842. The molecule has 0 aliphatic carbocycles. The molecule has 13 heavy (non-hydrogen) atoms. The van der Waals surface area contributed by atoms with E-state index < -0.39 is 17.1 Å².